The van der Waals surface area contributed by atoms with E-state index in [2.05, 4.69) is 23.3 Å². The molecule has 0 amide bonds. The summed E-state index contributed by atoms with van der Waals surface area (Å²) >= 11 is 5.83. The Morgan fingerprint density at radius 3 is 2.70 bits per heavy atom. The van der Waals surface area contributed by atoms with Gasteiger partial charge in [-0.15, -0.1) is 0 Å². The molecule has 0 aliphatic rings. The molecule has 1 aromatic heterocycles. The predicted octanol–water partition coefficient (Wildman–Crippen LogP) is 3.64. The van der Waals surface area contributed by atoms with Crippen LogP contribution in [0.5, 0.6) is 0 Å². The Kier molecular flexibility index (Phi) is 5.50. The number of hydrogen-bond donors (Lipinski definition) is 1. The van der Waals surface area contributed by atoms with Crippen LogP contribution in [0.3, 0.4) is 0 Å². The molecule has 0 saturated carbocycles. The van der Waals surface area contributed by atoms with Gasteiger partial charge in [-0.05, 0) is 48.7 Å². The van der Waals surface area contributed by atoms with Crippen molar-refractivity contribution in [1.82, 2.24) is 10.3 Å². The summed E-state index contributed by atoms with van der Waals surface area (Å²) in [6.45, 7) is 2.97. The van der Waals surface area contributed by atoms with Crippen molar-refractivity contribution in [1.29, 1.82) is 0 Å². The topological polar surface area (TPSA) is 24.9 Å². The lowest BCUT2D eigenvalue weighted by Gasteiger charge is -2.18. The highest BCUT2D eigenvalue weighted by atomic mass is 35.5. The number of nitrogens with one attached hydrogen (secondary N) is 1. The minimum absolute atomic E-state index is 0.180. The van der Waals surface area contributed by atoms with E-state index >= 15 is 0 Å². The van der Waals surface area contributed by atoms with Crippen molar-refractivity contribution in [3.05, 3.63) is 64.7 Å². The van der Waals surface area contributed by atoms with Crippen molar-refractivity contribution in [3.63, 3.8) is 0 Å². The van der Waals surface area contributed by atoms with Crippen LogP contribution in [0.4, 0.5) is 4.39 Å². The summed E-state index contributed by atoms with van der Waals surface area (Å²) in [7, 11) is 0. The molecular weight excluding hydrogens is 275 g/mol. The van der Waals surface area contributed by atoms with Gasteiger partial charge in [-0.2, -0.15) is 0 Å². The molecule has 0 fully saturated rings. The van der Waals surface area contributed by atoms with Gasteiger partial charge < -0.3 is 5.32 Å². The molecule has 20 heavy (non-hydrogen) atoms. The van der Waals surface area contributed by atoms with Crippen molar-refractivity contribution >= 4 is 11.6 Å². The van der Waals surface area contributed by atoms with Crippen LogP contribution in [0.2, 0.25) is 5.02 Å². The van der Waals surface area contributed by atoms with Crippen LogP contribution in [-0.2, 0) is 12.8 Å². The van der Waals surface area contributed by atoms with Crippen molar-refractivity contribution in [2.24, 2.45) is 0 Å². The van der Waals surface area contributed by atoms with E-state index in [-0.39, 0.29) is 16.9 Å². The van der Waals surface area contributed by atoms with Crippen molar-refractivity contribution in [2.75, 3.05) is 6.54 Å². The second-order valence-corrected chi connectivity index (χ2v) is 5.18. The average Bonchev–Trinajstić information content (AvgIpc) is 2.44. The fourth-order valence-corrected chi connectivity index (χ4v) is 2.46. The smallest absolute Gasteiger partial charge is 0.141 e. The summed E-state index contributed by atoms with van der Waals surface area (Å²) in [5, 5.41) is 3.63. The van der Waals surface area contributed by atoms with Crippen molar-refractivity contribution < 1.29 is 4.39 Å². The van der Waals surface area contributed by atoms with E-state index in [1.54, 1.807) is 18.3 Å². The van der Waals surface area contributed by atoms with Gasteiger partial charge in [-0.1, -0.05) is 30.7 Å². The molecule has 0 spiro atoms. The molecule has 1 atom stereocenters. The zero-order valence-electron chi connectivity index (χ0n) is 11.4. The fraction of sp³-hybridized carbons (Fsp3) is 0.312. The molecule has 0 aliphatic carbocycles. The van der Waals surface area contributed by atoms with Gasteiger partial charge in [0, 0.05) is 18.4 Å². The normalized spacial score (nSPS) is 12.3. The second-order valence-electron chi connectivity index (χ2n) is 4.77. The molecule has 2 rings (SSSR count). The molecule has 0 aliphatic heterocycles. The van der Waals surface area contributed by atoms with Gasteiger partial charge in [0.05, 0.1) is 5.02 Å². The molecule has 0 saturated heterocycles. The van der Waals surface area contributed by atoms with Gasteiger partial charge >= 0.3 is 0 Å². The van der Waals surface area contributed by atoms with Crippen LogP contribution in [0.15, 0.2) is 42.7 Å². The maximum atomic E-state index is 13.2. The first-order valence-corrected chi connectivity index (χ1v) is 7.13. The Morgan fingerprint density at radius 2 is 2.05 bits per heavy atom. The first-order valence-electron chi connectivity index (χ1n) is 6.75. The van der Waals surface area contributed by atoms with E-state index in [0.29, 0.717) is 0 Å². The summed E-state index contributed by atoms with van der Waals surface area (Å²) < 4.78 is 13.2. The highest BCUT2D eigenvalue weighted by Crippen LogP contribution is 2.18. The second kappa shape index (κ2) is 7.36. The fourth-order valence-electron chi connectivity index (χ4n) is 2.26. The van der Waals surface area contributed by atoms with E-state index in [0.717, 1.165) is 24.9 Å². The van der Waals surface area contributed by atoms with Crippen LogP contribution in [0.25, 0.3) is 0 Å². The summed E-state index contributed by atoms with van der Waals surface area (Å²) in [5.41, 5.74) is 2.22. The minimum Gasteiger partial charge on any atom is -0.314 e. The largest absolute Gasteiger partial charge is 0.314 e. The first-order chi connectivity index (χ1) is 9.69. The molecule has 0 radical (unpaired) electrons. The van der Waals surface area contributed by atoms with Gasteiger partial charge in [0.25, 0.3) is 0 Å². The van der Waals surface area contributed by atoms with Crippen LogP contribution >= 0.6 is 11.6 Å². The van der Waals surface area contributed by atoms with Crippen LogP contribution in [-0.4, -0.2) is 17.6 Å². The Labute approximate surface area is 124 Å². The van der Waals surface area contributed by atoms with Crippen molar-refractivity contribution in [2.45, 2.75) is 25.8 Å². The standard InChI is InChI=1S/C16H18ClFN2/c1-2-20-14(9-13-4-3-7-19-11-13)8-12-5-6-16(18)15(17)10-12/h3-7,10-11,14,20H,2,8-9H2,1H3. The summed E-state index contributed by atoms with van der Waals surface area (Å²) in [6, 6.07) is 9.19. The average molecular weight is 293 g/mol. The van der Waals surface area contributed by atoms with E-state index < -0.39 is 0 Å². The molecule has 1 aromatic carbocycles. The summed E-state index contributed by atoms with van der Waals surface area (Å²) in [6.07, 6.45) is 5.34. The monoisotopic (exact) mass is 292 g/mol. The number of rotatable bonds is 6. The third-order valence-electron chi connectivity index (χ3n) is 3.16. The zero-order valence-corrected chi connectivity index (χ0v) is 12.2. The third kappa shape index (κ3) is 4.29. The molecule has 4 heteroatoms. The Morgan fingerprint density at radius 1 is 1.25 bits per heavy atom. The first kappa shape index (κ1) is 14.9. The zero-order chi connectivity index (χ0) is 14.4. The lowest BCUT2D eigenvalue weighted by Crippen LogP contribution is -2.33. The highest BCUT2D eigenvalue weighted by molar-refractivity contribution is 6.30. The van der Waals surface area contributed by atoms with E-state index in [4.69, 9.17) is 11.6 Å². The number of hydrogen-bond acceptors (Lipinski definition) is 2. The minimum atomic E-state index is -0.373. The van der Waals surface area contributed by atoms with Gasteiger partial charge in [0.15, 0.2) is 0 Å². The molecule has 0 bridgehead atoms. The number of likely N-dealkylation sites (N-methyl/N-ethyl adjacent to an activating group) is 1. The summed E-state index contributed by atoms with van der Waals surface area (Å²) in [5.74, 6) is -0.373. The number of aromatic nitrogens is 1. The maximum Gasteiger partial charge on any atom is 0.141 e. The molecule has 2 nitrogen and oxygen atoms in total. The van der Waals surface area contributed by atoms with Crippen LogP contribution in [0, 0.1) is 5.82 Å². The molecular formula is C16H18ClFN2. The Hall–Kier alpha value is -1.45. The number of nitrogens with zero attached hydrogens (tertiary/aromatic N) is 1. The van der Waals surface area contributed by atoms with Crippen LogP contribution < -0.4 is 5.32 Å². The molecule has 1 heterocycles. The SMILES string of the molecule is CCNC(Cc1cccnc1)Cc1ccc(F)c(Cl)c1. The molecule has 1 unspecified atom stereocenters. The quantitative estimate of drug-likeness (QED) is 0.879. The molecule has 2 aromatic rings. The van der Waals surface area contributed by atoms with E-state index in [9.17, 15) is 4.39 Å². The van der Waals surface area contributed by atoms with Crippen LogP contribution in [0.1, 0.15) is 18.1 Å². The predicted molar refractivity (Wildman–Crippen MR) is 80.5 cm³/mol. The van der Waals surface area contributed by atoms with Gasteiger partial charge in [0.2, 0.25) is 0 Å². The van der Waals surface area contributed by atoms with E-state index in [1.807, 2.05) is 12.3 Å². The Bertz CT molecular complexity index is 545. The molecule has 1 N–H and O–H groups in total. The lowest BCUT2D eigenvalue weighted by molar-refractivity contribution is 0.520. The van der Waals surface area contributed by atoms with Gasteiger partial charge in [0.1, 0.15) is 5.82 Å². The highest BCUT2D eigenvalue weighted by Gasteiger charge is 2.11. The van der Waals surface area contributed by atoms with Crippen molar-refractivity contribution in [3.8, 4) is 0 Å². The number of benzene rings is 1. The van der Waals surface area contributed by atoms with Gasteiger partial charge in [-0.25, -0.2) is 4.39 Å². The summed E-state index contributed by atoms with van der Waals surface area (Å²) in [4.78, 5) is 4.13. The number of pyridine rings is 1. The third-order valence-corrected chi connectivity index (χ3v) is 3.45. The molecule has 106 valence electrons. The van der Waals surface area contributed by atoms with Gasteiger partial charge in [-0.3, -0.25) is 4.98 Å². The lowest BCUT2D eigenvalue weighted by atomic mass is 10.00. The Balaban J connectivity index is 2.06. The number of halogens is 2. The van der Waals surface area contributed by atoms with E-state index in [1.165, 1.54) is 11.6 Å². The maximum absolute atomic E-state index is 13.2.